The minimum absolute atomic E-state index is 0.318. The van der Waals surface area contributed by atoms with Crippen LogP contribution in [-0.2, 0) is 11.3 Å². The minimum Gasteiger partial charge on any atom is -0.495 e. The number of benzene rings is 1. The second kappa shape index (κ2) is 6.93. The number of nitrogens with zero attached hydrogens (tertiary/aromatic N) is 2. The third-order valence-corrected chi connectivity index (χ3v) is 3.93. The molecule has 0 bridgehead atoms. The van der Waals surface area contributed by atoms with Crippen molar-refractivity contribution < 1.29 is 14.3 Å². The van der Waals surface area contributed by atoms with Gasteiger partial charge < -0.3 is 14.0 Å². The molecule has 5 nitrogen and oxygen atoms in total. The van der Waals surface area contributed by atoms with E-state index in [2.05, 4.69) is 4.98 Å². The lowest BCUT2D eigenvalue weighted by molar-refractivity contribution is 0.0515. The van der Waals surface area contributed by atoms with E-state index in [0.29, 0.717) is 35.3 Å². The van der Waals surface area contributed by atoms with Crippen LogP contribution in [0.1, 0.15) is 23.0 Å². The summed E-state index contributed by atoms with van der Waals surface area (Å²) >= 11 is 5.94. The van der Waals surface area contributed by atoms with E-state index >= 15 is 0 Å². The van der Waals surface area contributed by atoms with Gasteiger partial charge in [0.1, 0.15) is 17.1 Å². The quantitative estimate of drug-likeness (QED) is 0.658. The van der Waals surface area contributed by atoms with Gasteiger partial charge in [-0.15, -0.1) is 0 Å². The molecule has 0 unspecified atom stereocenters. The molecule has 6 heteroatoms. The zero-order valence-electron chi connectivity index (χ0n) is 13.5. The largest absolute Gasteiger partial charge is 0.495 e. The SMILES string of the molecule is CCOC(=O)c1cc2cc(OC)cnc2n1Cc1ccc(Cl)cc1. The molecule has 0 radical (unpaired) electrons. The van der Waals surface area contributed by atoms with E-state index in [1.807, 2.05) is 34.9 Å². The minimum atomic E-state index is -0.372. The maximum absolute atomic E-state index is 12.3. The smallest absolute Gasteiger partial charge is 0.355 e. The van der Waals surface area contributed by atoms with Crippen molar-refractivity contribution in [1.82, 2.24) is 9.55 Å². The first kappa shape index (κ1) is 16.3. The number of ether oxygens (including phenoxy) is 2. The van der Waals surface area contributed by atoms with E-state index in [0.717, 1.165) is 10.9 Å². The lowest BCUT2D eigenvalue weighted by Gasteiger charge is -2.10. The average molecular weight is 345 g/mol. The zero-order valence-corrected chi connectivity index (χ0v) is 14.2. The Morgan fingerprint density at radius 2 is 2.00 bits per heavy atom. The van der Waals surface area contributed by atoms with Crippen LogP contribution in [0, 0.1) is 0 Å². The van der Waals surface area contributed by atoms with Crippen molar-refractivity contribution in [3.8, 4) is 5.75 Å². The van der Waals surface area contributed by atoms with Gasteiger partial charge in [-0.25, -0.2) is 9.78 Å². The Hall–Kier alpha value is -2.53. The van der Waals surface area contributed by atoms with Crippen LogP contribution >= 0.6 is 11.6 Å². The second-order valence-electron chi connectivity index (χ2n) is 5.25. The number of methoxy groups -OCH3 is 1. The Bertz CT molecular complexity index is 872. The number of esters is 1. The molecule has 0 saturated heterocycles. The fraction of sp³-hybridized carbons (Fsp3) is 0.222. The molecule has 0 fully saturated rings. The van der Waals surface area contributed by atoms with Crippen LogP contribution in [0.3, 0.4) is 0 Å². The van der Waals surface area contributed by atoms with E-state index in [1.54, 1.807) is 26.3 Å². The Labute approximate surface area is 144 Å². The van der Waals surface area contributed by atoms with Crippen LogP contribution in [0.15, 0.2) is 42.6 Å². The summed E-state index contributed by atoms with van der Waals surface area (Å²) < 4.78 is 12.2. The van der Waals surface area contributed by atoms with Crippen molar-refractivity contribution in [3.05, 3.63) is 58.9 Å². The maximum Gasteiger partial charge on any atom is 0.355 e. The standard InChI is InChI=1S/C18H17ClN2O3/c1-3-24-18(22)16-9-13-8-15(23-2)10-20-17(13)21(16)11-12-4-6-14(19)7-5-12/h4-10H,3,11H2,1-2H3. The van der Waals surface area contributed by atoms with Gasteiger partial charge in [0, 0.05) is 17.0 Å². The van der Waals surface area contributed by atoms with Gasteiger partial charge in [0.05, 0.1) is 19.9 Å². The monoisotopic (exact) mass is 344 g/mol. The number of halogens is 1. The summed E-state index contributed by atoms with van der Waals surface area (Å²) in [5.74, 6) is 0.269. The van der Waals surface area contributed by atoms with Gasteiger partial charge in [-0.05, 0) is 36.8 Å². The van der Waals surface area contributed by atoms with Crippen molar-refractivity contribution in [2.45, 2.75) is 13.5 Å². The van der Waals surface area contributed by atoms with Crippen molar-refractivity contribution in [1.29, 1.82) is 0 Å². The number of carbonyl (C=O) groups is 1. The molecule has 2 aromatic heterocycles. The zero-order chi connectivity index (χ0) is 17.1. The first-order chi connectivity index (χ1) is 11.6. The highest BCUT2D eigenvalue weighted by atomic mass is 35.5. The molecule has 3 rings (SSSR count). The Morgan fingerprint density at radius 3 is 2.67 bits per heavy atom. The van der Waals surface area contributed by atoms with Gasteiger partial charge in [0.15, 0.2) is 0 Å². The number of pyridine rings is 1. The van der Waals surface area contributed by atoms with Gasteiger partial charge in [-0.3, -0.25) is 0 Å². The van der Waals surface area contributed by atoms with E-state index in [9.17, 15) is 4.79 Å². The summed E-state index contributed by atoms with van der Waals surface area (Å²) in [5, 5.41) is 1.50. The lowest BCUT2D eigenvalue weighted by Crippen LogP contribution is -2.13. The van der Waals surface area contributed by atoms with E-state index in [4.69, 9.17) is 21.1 Å². The molecule has 0 saturated carbocycles. The molecular formula is C18H17ClN2O3. The maximum atomic E-state index is 12.3. The third-order valence-electron chi connectivity index (χ3n) is 3.68. The number of fused-ring (bicyclic) bond motifs is 1. The summed E-state index contributed by atoms with van der Waals surface area (Å²) in [6.45, 7) is 2.59. The topological polar surface area (TPSA) is 53.4 Å². The summed E-state index contributed by atoms with van der Waals surface area (Å²) in [6, 6.07) is 11.1. The molecule has 3 aromatic rings. The molecule has 0 aliphatic heterocycles. The predicted molar refractivity (Wildman–Crippen MR) is 92.8 cm³/mol. The van der Waals surface area contributed by atoms with Crippen LogP contribution in [-0.4, -0.2) is 29.2 Å². The molecule has 0 N–H and O–H groups in total. The third kappa shape index (κ3) is 3.21. The number of carbonyl (C=O) groups excluding carboxylic acids is 1. The van der Waals surface area contributed by atoms with E-state index < -0.39 is 0 Å². The fourth-order valence-corrected chi connectivity index (χ4v) is 2.67. The summed E-state index contributed by atoms with van der Waals surface area (Å²) in [5.41, 5.74) is 2.18. The van der Waals surface area contributed by atoms with Crippen molar-refractivity contribution in [2.24, 2.45) is 0 Å². The van der Waals surface area contributed by atoms with Gasteiger partial charge in [0.25, 0.3) is 0 Å². The summed E-state index contributed by atoms with van der Waals surface area (Å²) in [7, 11) is 1.58. The number of rotatable bonds is 5. The van der Waals surface area contributed by atoms with Crippen LogP contribution in [0.4, 0.5) is 0 Å². The molecule has 2 heterocycles. The van der Waals surface area contributed by atoms with Crippen LogP contribution < -0.4 is 4.74 Å². The van der Waals surface area contributed by atoms with Gasteiger partial charge >= 0.3 is 5.97 Å². The Kier molecular flexibility index (Phi) is 4.71. The average Bonchev–Trinajstić information content (AvgIpc) is 2.95. The second-order valence-corrected chi connectivity index (χ2v) is 5.69. The van der Waals surface area contributed by atoms with Crippen molar-refractivity contribution in [3.63, 3.8) is 0 Å². The summed E-state index contributed by atoms with van der Waals surface area (Å²) in [4.78, 5) is 16.7. The van der Waals surface area contributed by atoms with Crippen molar-refractivity contribution in [2.75, 3.05) is 13.7 Å². The van der Waals surface area contributed by atoms with Crippen molar-refractivity contribution >= 4 is 28.6 Å². The number of hydrogen-bond donors (Lipinski definition) is 0. The predicted octanol–water partition coefficient (Wildman–Crippen LogP) is 3.92. The molecule has 1 aromatic carbocycles. The van der Waals surface area contributed by atoms with Gasteiger partial charge in [-0.2, -0.15) is 0 Å². The first-order valence-corrected chi connectivity index (χ1v) is 7.95. The van der Waals surface area contributed by atoms with Crippen LogP contribution in [0.2, 0.25) is 5.02 Å². The van der Waals surface area contributed by atoms with Gasteiger partial charge in [0.2, 0.25) is 0 Å². The van der Waals surface area contributed by atoms with Crippen LogP contribution in [0.5, 0.6) is 5.75 Å². The first-order valence-electron chi connectivity index (χ1n) is 7.57. The van der Waals surface area contributed by atoms with E-state index in [1.165, 1.54) is 0 Å². The number of aromatic nitrogens is 2. The normalized spacial score (nSPS) is 10.8. The number of hydrogen-bond acceptors (Lipinski definition) is 4. The fourth-order valence-electron chi connectivity index (χ4n) is 2.54. The van der Waals surface area contributed by atoms with Crippen LogP contribution in [0.25, 0.3) is 11.0 Å². The molecule has 124 valence electrons. The molecule has 0 atom stereocenters. The molecule has 0 spiro atoms. The molecule has 0 amide bonds. The van der Waals surface area contributed by atoms with E-state index in [-0.39, 0.29) is 5.97 Å². The summed E-state index contributed by atoms with van der Waals surface area (Å²) in [6.07, 6.45) is 1.63. The Morgan fingerprint density at radius 1 is 1.25 bits per heavy atom. The highest BCUT2D eigenvalue weighted by molar-refractivity contribution is 6.30. The molecule has 24 heavy (non-hydrogen) atoms. The van der Waals surface area contributed by atoms with Gasteiger partial charge in [-0.1, -0.05) is 23.7 Å². The molecule has 0 aliphatic carbocycles. The molecule has 0 aliphatic rings. The lowest BCUT2D eigenvalue weighted by atomic mass is 10.2. The highest BCUT2D eigenvalue weighted by Crippen LogP contribution is 2.24. The highest BCUT2D eigenvalue weighted by Gasteiger charge is 2.18. The Balaban J connectivity index is 2.09. The molecular weight excluding hydrogens is 328 g/mol.